The van der Waals surface area contributed by atoms with Gasteiger partial charge in [0.1, 0.15) is 0 Å². The lowest BCUT2D eigenvalue weighted by Gasteiger charge is -2.15. The third kappa shape index (κ3) is 11.4. The highest BCUT2D eigenvalue weighted by atomic mass is 16.1. The van der Waals surface area contributed by atoms with Crippen molar-refractivity contribution in [2.24, 2.45) is 17.8 Å². The van der Waals surface area contributed by atoms with Crippen molar-refractivity contribution >= 4 is 11.6 Å². The Balaban J connectivity index is 2.11. The fourth-order valence-corrected chi connectivity index (χ4v) is 4.11. The van der Waals surface area contributed by atoms with Gasteiger partial charge in [-0.2, -0.15) is 0 Å². The van der Waals surface area contributed by atoms with E-state index in [1.54, 1.807) is 6.92 Å². The van der Waals surface area contributed by atoms with Crippen molar-refractivity contribution in [3.63, 3.8) is 0 Å². The summed E-state index contributed by atoms with van der Waals surface area (Å²) in [5.41, 5.74) is 2.40. The molecule has 0 bridgehead atoms. The summed E-state index contributed by atoms with van der Waals surface area (Å²) in [7, 11) is 0. The van der Waals surface area contributed by atoms with Crippen molar-refractivity contribution in [2.45, 2.75) is 105 Å². The second-order valence-electron chi connectivity index (χ2n) is 9.84. The molecule has 0 aromatic carbocycles. The monoisotopic (exact) mass is 400 g/mol. The molecule has 0 aromatic heterocycles. The first-order valence-corrected chi connectivity index (χ1v) is 11.8. The first kappa shape index (κ1) is 25.6. The van der Waals surface area contributed by atoms with Crippen LogP contribution in [0.1, 0.15) is 105 Å². The van der Waals surface area contributed by atoms with E-state index in [0.717, 1.165) is 30.6 Å². The SMILES string of the molecule is C=C(CCCC(C)CCCC(C)CCCC(C)C)CCC1=CC(=O)C=C(C)C1=O. The van der Waals surface area contributed by atoms with Crippen molar-refractivity contribution in [3.05, 3.63) is 35.5 Å². The normalized spacial score (nSPS) is 16.6. The van der Waals surface area contributed by atoms with Crippen molar-refractivity contribution in [3.8, 4) is 0 Å². The second kappa shape index (κ2) is 13.7. The summed E-state index contributed by atoms with van der Waals surface area (Å²) < 4.78 is 0. The molecule has 0 saturated heterocycles. The van der Waals surface area contributed by atoms with E-state index >= 15 is 0 Å². The minimum absolute atomic E-state index is 0.0180. The van der Waals surface area contributed by atoms with Crippen molar-refractivity contribution in [1.82, 2.24) is 0 Å². The van der Waals surface area contributed by atoms with E-state index in [9.17, 15) is 9.59 Å². The largest absolute Gasteiger partial charge is 0.290 e. The van der Waals surface area contributed by atoms with Gasteiger partial charge in [0.05, 0.1) is 0 Å². The fraction of sp³-hybridized carbons (Fsp3) is 0.704. The van der Waals surface area contributed by atoms with Crippen LogP contribution in [0.3, 0.4) is 0 Å². The van der Waals surface area contributed by atoms with Gasteiger partial charge < -0.3 is 0 Å². The number of hydrogen-bond acceptors (Lipinski definition) is 2. The highest BCUT2D eigenvalue weighted by molar-refractivity contribution is 6.19. The van der Waals surface area contributed by atoms with Gasteiger partial charge in [-0.15, -0.1) is 0 Å². The zero-order chi connectivity index (χ0) is 21.8. The van der Waals surface area contributed by atoms with Gasteiger partial charge in [0, 0.05) is 11.1 Å². The van der Waals surface area contributed by atoms with E-state index in [1.807, 2.05) is 0 Å². The molecular formula is C27H44O2. The first-order chi connectivity index (χ1) is 13.7. The molecule has 2 nitrogen and oxygen atoms in total. The van der Waals surface area contributed by atoms with Gasteiger partial charge >= 0.3 is 0 Å². The van der Waals surface area contributed by atoms with Crippen LogP contribution in [0.2, 0.25) is 0 Å². The second-order valence-corrected chi connectivity index (χ2v) is 9.84. The molecule has 1 aliphatic rings. The number of carbonyl (C=O) groups is 2. The van der Waals surface area contributed by atoms with Crippen LogP contribution in [-0.2, 0) is 9.59 Å². The number of carbonyl (C=O) groups excluding carboxylic acids is 2. The minimum Gasteiger partial charge on any atom is -0.290 e. The van der Waals surface area contributed by atoms with Crippen LogP contribution in [0.15, 0.2) is 35.5 Å². The average molecular weight is 401 g/mol. The van der Waals surface area contributed by atoms with E-state index < -0.39 is 0 Å². The summed E-state index contributed by atoms with van der Waals surface area (Å²) >= 11 is 0. The Morgan fingerprint density at radius 3 is 1.97 bits per heavy atom. The summed E-state index contributed by atoms with van der Waals surface area (Å²) in [4.78, 5) is 23.7. The lowest BCUT2D eigenvalue weighted by molar-refractivity contribution is -0.115. The Labute approximate surface area is 179 Å². The van der Waals surface area contributed by atoms with Gasteiger partial charge in [-0.25, -0.2) is 0 Å². The molecule has 0 radical (unpaired) electrons. The van der Waals surface area contributed by atoms with Gasteiger partial charge in [-0.1, -0.05) is 84.8 Å². The zero-order valence-electron chi connectivity index (χ0n) is 19.7. The standard InChI is InChI=1S/C27H44O2/c1-20(2)10-7-11-21(3)12-8-13-22(4)14-9-15-23(5)16-17-25-19-26(28)18-24(6)27(25)29/h18-22H,5,7-17H2,1-4,6H3. The zero-order valence-corrected chi connectivity index (χ0v) is 19.7. The van der Waals surface area contributed by atoms with E-state index in [0.29, 0.717) is 17.6 Å². The maximum absolute atomic E-state index is 12.1. The maximum atomic E-state index is 12.1. The number of ketones is 2. The van der Waals surface area contributed by atoms with E-state index in [4.69, 9.17) is 0 Å². The molecule has 2 heteroatoms. The van der Waals surface area contributed by atoms with Crippen LogP contribution in [0.25, 0.3) is 0 Å². The Morgan fingerprint density at radius 1 is 0.828 bits per heavy atom. The molecule has 0 heterocycles. The van der Waals surface area contributed by atoms with Gasteiger partial charge in [0.2, 0.25) is 0 Å². The first-order valence-electron chi connectivity index (χ1n) is 11.8. The highest BCUT2D eigenvalue weighted by Crippen LogP contribution is 2.24. The molecular weight excluding hydrogens is 356 g/mol. The van der Waals surface area contributed by atoms with Crippen LogP contribution < -0.4 is 0 Å². The predicted molar refractivity (Wildman–Crippen MR) is 125 cm³/mol. The van der Waals surface area contributed by atoms with Crippen LogP contribution in [0.4, 0.5) is 0 Å². The Hall–Kier alpha value is -1.44. The Bertz CT molecular complexity index is 606. The molecule has 29 heavy (non-hydrogen) atoms. The average Bonchev–Trinajstić information content (AvgIpc) is 2.63. The molecule has 0 aliphatic heterocycles. The summed E-state index contributed by atoms with van der Waals surface area (Å²) in [6.07, 6.45) is 16.0. The maximum Gasteiger partial charge on any atom is 0.184 e. The molecule has 2 unspecified atom stereocenters. The molecule has 164 valence electrons. The molecule has 0 fully saturated rings. The van der Waals surface area contributed by atoms with E-state index in [-0.39, 0.29) is 11.6 Å². The van der Waals surface area contributed by atoms with Crippen LogP contribution in [0.5, 0.6) is 0 Å². The smallest absolute Gasteiger partial charge is 0.184 e. The number of allylic oxidation sites excluding steroid dienone is 5. The molecule has 0 spiro atoms. The number of rotatable bonds is 15. The molecule has 0 amide bonds. The van der Waals surface area contributed by atoms with Gasteiger partial charge in [-0.05, 0) is 62.5 Å². The quantitative estimate of drug-likeness (QED) is 0.208. The van der Waals surface area contributed by atoms with Crippen LogP contribution in [-0.4, -0.2) is 11.6 Å². The Kier molecular flexibility index (Phi) is 12.1. The van der Waals surface area contributed by atoms with Gasteiger partial charge in [0.25, 0.3) is 0 Å². The van der Waals surface area contributed by atoms with Gasteiger partial charge in [0.15, 0.2) is 11.6 Å². The third-order valence-corrected chi connectivity index (χ3v) is 6.17. The van der Waals surface area contributed by atoms with Crippen molar-refractivity contribution < 1.29 is 9.59 Å². The van der Waals surface area contributed by atoms with Crippen molar-refractivity contribution in [1.29, 1.82) is 0 Å². The summed E-state index contributed by atoms with van der Waals surface area (Å²) in [5.74, 6) is 2.43. The topological polar surface area (TPSA) is 34.1 Å². The van der Waals surface area contributed by atoms with Crippen LogP contribution >= 0.6 is 0 Å². The summed E-state index contributed by atoms with van der Waals surface area (Å²) in [5, 5.41) is 0. The lowest BCUT2D eigenvalue weighted by Crippen LogP contribution is -2.12. The summed E-state index contributed by atoms with van der Waals surface area (Å²) in [6.45, 7) is 15.3. The minimum atomic E-state index is -0.0641. The van der Waals surface area contributed by atoms with E-state index in [1.165, 1.54) is 69.1 Å². The Morgan fingerprint density at radius 2 is 1.38 bits per heavy atom. The van der Waals surface area contributed by atoms with Gasteiger partial charge in [-0.3, -0.25) is 9.59 Å². The third-order valence-electron chi connectivity index (χ3n) is 6.17. The molecule has 0 N–H and O–H groups in total. The number of Topliss-reactive ketones (excluding diaryl/α,β-unsaturated/α-hetero) is 1. The lowest BCUT2D eigenvalue weighted by atomic mass is 9.90. The molecule has 2 atom stereocenters. The molecule has 0 aromatic rings. The predicted octanol–water partition coefficient (Wildman–Crippen LogP) is 7.79. The summed E-state index contributed by atoms with van der Waals surface area (Å²) in [6, 6.07) is 0. The van der Waals surface area contributed by atoms with E-state index in [2.05, 4.69) is 34.3 Å². The molecule has 1 rings (SSSR count). The number of hydrogen-bond donors (Lipinski definition) is 0. The van der Waals surface area contributed by atoms with Crippen molar-refractivity contribution in [2.75, 3.05) is 0 Å². The fourth-order valence-electron chi connectivity index (χ4n) is 4.11. The molecule has 1 aliphatic carbocycles. The highest BCUT2D eigenvalue weighted by Gasteiger charge is 2.18. The van der Waals surface area contributed by atoms with Crippen LogP contribution in [0, 0.1) is 17.8 Å². The molecule has 0 saturated carbocycles.